The van der Waals surface area contributed by atoms with E-state index in [0.29, 0.717) is 11.5 Å². The van der Waals surface area contributed by atoms with Crippen LogP contribution in [0.3, 0.4) is 0 Å². The van der Waals surface area contributed by atoms with Crippen molar-refractivity contribution in [3.63, 3.8) is 0 Å². The number of hydrogen-bond acceptors (Lipinski definition) is 3. The molecule has 3 nitrogen and oxygen atoms in total. The second-order valence-corrected chi connectivity index (χ2v) is 7.39. The van der Waals surface area contributed by atoms with E-state index >= 15 is 0 Å². The molecule has 1 rings (SSSR count). The molecule has 2 atom stereocenters. The minimum Gasteiger partial charge on any atom is -0.312 e. The molecule has 1 N–H and O–H groups in total. The molecular formula is C16H35N3. The molecule has 114 valence electrons. The van der Waals surface area contributed by atoms with Crippen molar-refractivity contribution in [2.24, 2.45) is 5.41 Å². The molecule has 0 amide bonds. The van der Waals surface area contributed by atoms with Crippen LogP contribution in [0.2, 0.25) is 0 Å². The van der Waals surface area contributed by atoms with E-state index in [1.54, 1.807) is 0 Å². The Morgan fingerprint density at radius 1 is 1.32 bits per heavy atom. The summed E-state index contributed by atoms with van der Waals surface area (Å²) in [4.78, 5) is 5.05. The van der Waals surface area contributed by atoms with Crippen LogP contribution < -0.4 is 5.32 Å². The van der Waals surface area contributed by atoms with Crippen molar-refractivity contribution in [1.82, 2.24) is 15.1 Å². The lowest BCUT2D eigenvalue weighted by Crippen LogP contribution is -2.53. The van der Waals surface area contributed by atoms with Gasteiger partial charge in [-0.3, -0.25) is 0 Å². The Hall–Kier alpha value is -0.120. The second kappa shape index (κ2) is 7.61. The molecule has 1 heterocycles. The molecule has 1 saturated heterocycles. The number of likely N-dealkylation sites (N-methyl/N-ethyl adjacent to an activating group) is 1. The zero-order valence-corrected chi connectivity index (χ0v) is 14.0. The van der Waals surface area contributed by atoms with Gasteiger partial charge < -0.3 is 15.1 Å². The van der Waals surface area contributed by atoms with Crippen molar-refractivity contribution >= 4 is 0 Å². The predicted molar refractivity (Wildman–Crippen MR) is 84.7 cm³/mol. The molecule has 0 aromatic heterocycles. The van der Waals surface area contributed by atoms with Gasteiger partial charge in [0.2, 0.25) is 0 Å². The Balaban J connectivity index is 2.53. The van der Waals surface area contributed by atoms with E-state index in [2.05, 4.69) is 56.9 Å². The minimum atomic E-state index is 0.334. The van der Waals surface area contributed by atoms with E-state index in [4.69, 9.17) is 0 Å². The molecule has 1 aliphatic heterocycles. The van der Waals surface area contributed by atoms with Crippen LogP contribution in [0.5, 0.6) is 0 Å². The van der Waals surface area contributed by atoms with Gasteiger partial charge in [-0.05, 0) is 51.9 Å². The topological polar surface area (TPSA) is 18.5 Å². The SMILES string of the molecule is CCCNC(CN1CCCC(N(C)C)C1)C(C)(C)C. The van der Waals surface area contributed by atoms with Crippen molar-refractivity contribution in [1.29, 1.82) is 0 Å². The average molecular weight is 269 g/mol. The third-order valence-corrected chi connectivity index (χ3v) is 4.34. The molecule has 0 bridgehead atoms. The maximum absolute atomic E-state index is 3.75. The van der Waals surface area contributed by atoms with Crippen molar-refractivity contribution in [3.8, 4) is 0 Å². The fourth-order valence-corrected chi connectivity index (χ4v) is 2.84. The molecule has 0 saturated carbocycles. The Bertz CT molecular complexity index is 245. The number of likely N-dealkylation sites (tertiary alicyclic amines) is 1. The van der Waals surface area contributed by atoms with Gasteiger partial charge in [-0.25, -0.2) is 0 Å². The highest BCUT2D eigenvalue weighted by Crippen LogP contribution is 2.22. The molecular weight excluding hydrogens is 234 g/mol. The Morgan fingerprint density at radius 2 is 2.00 bits per heavy atom. The first-order chi connectivity index (χ1) is 8.84. The molecule has 0 aliphatic carbocycles. The summed E-state index contributed by atoms with van der Waals surface area (Å²) in [5.74, 6) is 0. The molecule has 1 fully saturated rings. The molecule has 1 aliphatic rings. The van der Waals surface area contributed by atoms with E-state index in [-0.39, 0.29) is 0 Å². The summed E-state index contributed by atoms with van der Waals surface area (Å²) >= 11 is 0. The molecule has 0 aromatic rings. The Morgan fingerprint density at radius 3 is 2.53 bits per heavy atom. The summed E-state index contributed by atoms with van der Waals surface area (Å²) in [5.41, 5.74) is 0.334. The third kappa shape index (κ3) is 5.80. The first kappa shape index (κ1) is 16.9. The normalized spacial score (nSPS) is 23.8. The third-order valence-electron chi connectivity index (χ3n) is 4.34. The van der Waals surface area contributed by atoms with Crippen LogP contribution in [-0.2, 0) is 0 Å². The molecule has 19 heavy (non-hydrogen) atoms. The highest BCUT2D eigenvalue weighted by atomic mass is 15.2. The maximum Gasteiger partial charge on any atom is 0.0243 e. The van der Waals surface area contributed by atoms with Gasteiger partial charge in [-0.15, -0.1) is 0 Å². The molecule has 0 aromatic carbocycles. The number of rotatable bonds is 6. The highest BCUT2D eigenvalue weighted by molar-refractivity contribution is 4.86. The van der Waals surface area contributed by atoms with Crippen LogP contribution in [0.4, 0.5) is 0 Å². The fourth-order valence-electron chi connectivity index (χ4n) is 2.84. The first-order valence-corrected chi connectivity index (χ1v) is 7.96. The smallest absolute Gasteiger partial charge is 0.0243 e. The minimum absolute atomic E-state index is 0.334. The van der Waals surface area contributed by atoms with E-state index in [1.807, 2.05) is 0 Å². The fraction of sp³-hybridized carbons (Fsp3) is 1.00. The Labute approximate surface area is 120 Å². The van der Waals surface area contributed by atoms with Crippen molar-refractivity contribution in [2.75, 3.05) is 40.3 Å². The lowest BCUT2D eigenvalue weighted by atomic mass is 9.85. The molecule has 0 radical (unpaired) electrons. The van der Waals surface area contributed by atoms with Gasteiger partial charge in [-0.2, -0.15) is 0 Å². The first-order valence-electron chi connectivity index (χ1n) is 7.96. The van der Waals surface area contributed by atoms with Crippen molar-refractivity contribution < 1.29 is 0 Å². The molecule has 3 heteroatoms. The lowest BCUT2D eigenvalue weighted by molar-refractivity contribution is 0.103. The maximum atomic E-state index is 3.75. The van der Waals surface area contributed by atoms with Gasteiger partial charge in [0.25, 0.3) is 0 Å². The largest absolute Gasteiger partial charge is 0.312 e. The summed E-state index contributed by atoms with van der Waals surface area (Å²) < 4.78 is 0. The van der Waals surface area contributed by atoms with E-state index in [0.717, 1.165) is 12.6 Å². The zero-order chi connectivity index (χ0) is 14.5. The summed E-state index contributed by atoms with van der Waals surface area (Å²) in [5, 5.41) is 3.75. The quantitative estimate of drug-likeness (QED) is 0.799. The van der Waals surface area contributed by atoms with Crippen molar-refractivity contribution in [2.45, 2.75) is 59.0 Å². The lowest BCUT2D eigenvalue weighted by Gasteiger charge is -2.41. The van der Waals surface area contributed by atoms with Gasteiger partial charge >= 0.3 is 0 Å². The van der Waals surface area contributed by atoms with Gasteiger partial charge in [0.15, 0.2) is 0 Å². The van der Waals surface area contributed by atoms with Gasteiger partial charge in [0.1, 0.15) is 0 Å². The van der Waals surface area contributed by atoms with Crippen LogP contribution in [0.1, 0.15) is 47.0 Å². The van der Waals surface area contributed by atoms with E-state index in [9.17, 15) is 0 Å². The molecule has 0 spiro atoms. The summed E-state index contributed by atoms with van der Waals surface area (Å²) in [6.07, 6.45) is 3.91. The van der Waals surface area contributed by atoms with Crippen LogP contribution in [0.25, 0.3) is 0 Å². The van der Waals surface area contributed by atoms with E-state index < -0.39 is 0 Å². The predicted octanol–water partition coefficient (Wildman–Crippen LogP) is 2.43. The van der Waals surface area contributed by atoms with Crippen LogP contribution in [-0.4, -0.2) is 62.2 Å². The summed E-state index contributed by atoms with van der Waals surface area (Å²) in [6, 6.07) is 1.33. The standard InChI is InChI=1S/C16H35N3/c1-7-10-17-15(16(2,3)4)13-19-11-8-9-14(12-19)18(5)6/h14-15,17H,7-13H2,1-6H3. The van der Waals surface area contributed by atoms with Gasteiger partial charge in [-0.1, -0.05) is 27.7 Å². The Kier molecular flexibility index (Phi) is 6.78. The highest BCUT2D eigenvalue weighted by Gasteiger charge is 2.29. The summed E-state index contributed by atoms with van der Waals surface area (Å²) in [6.45, 7) is 14.1. The van der Waals surface area contributed by atoms with Crippen LogP contribution in [0, 0.1) is 5.41 Å². The zero-order valence-electron chi connectivity index (χ0n) is 14.0. The number of piperidine rings is 1. The van der Waals surface area contributed by atoms with Crippen molar-refractivity contribution in [3.05, 3.63) is 0 Å². The average Bonchev–Trinajstić information content (AvgIpc) is 2.33. The van der Waals surface area contributed by atoms with Crippen LogP contribution in [0.15, 0.2) is 0 Å². The number of nitrogens with one attached hydrogen (secondary N) is 1. The monoisotopic (exact) mass is 269 g/mol. The van der Waals surface area contributed by atoms with Gasteiger partial charge in [0, 0.05) is 25.2 Å². The van der Waals surface area contributed by atoms with Gasteiger partial charge in [0.05, 0.1) is 0 Å². The van der Waals surface area contributed by atoms with E-state index in [1.165, 1.54) is 38.9 Å². The molecule has 2 unspecified atom stereocenters. The van der Waals surface area contributed by atoms with Crippen LogP contribution >= 0.6 is 0 Å². The number of nitrogens with zero attached hydrogens (tertiary/aromatic N) is 2. The summed E-state index contributed by atoms with van der Waals surface area (Å²) in [7, 11) is 4.43. The number of hydrogen-bond donors (Lipinski definition) is 1. The second-order valence-electron chi connectivity index (χ2n) is 7.39.